The van der Waals surface area contributed by atoms with E-state index in [0.717, 1.165) is 5.56 Å². The molecular formula is C17H15N3O3S. The van der Waals surface area contributed by atoms with Crippen LogP contribution in [0.15, 0.2) is 52.5 Å². The maximum absolute atomic E-state index is 12.2. The fourth-order valence-corrected chi connectivity index (χ4v) is 2.85. The fourth-order valence-electron chi connectivity index (χ4n) is 2.31. The van der Waals surface area contributed by atoms with E-state index in [4.69, 9.17) is 4.74 Å². The number of thioether (sulfide) groups is 1. The van der Waals surface area contributed by atoms with Crippen molar-refractivity contribution in [3.8, 4) is 0 Å². The Hall–Kier alpha value is -2.67. The van der Waals surface area contributed by atoms with Gasteiger partial charge in [-0.3, -0.25) is 9.20 Å². The van der Waals surface area contributed by atoms with Crippen molar-refractivity contribution < 1.29 is 9.53 Å². The minimum Gasteiger partial charge on any atom is -0.456 e. The van der Waals surface area contributed by atoms with E-state index in [0.29, 0.717) is 21.9 Å². The van der Waals surface area contributed by atoms with Crippen molar-refractivity contribution in [2.45, 2.75) is 18.6 Å². The molecule has 122 valence electrons. The predicted molar refractivity (Wildman–Crippen MR) is 91.3 cm³/mol. The molecule has 7 heteroatoms. The molecular weight excluding hydrogens is 326 g/mol. The molecule has 0 aromatic carbocycles. The molecule has 0 bridgehead atoms. The van der Waals surface area contributed by atoms with Gasteiger partial charge in [-0.2, -0.15) is 0 Å². The van der Waals surface area contributed by atoms with Crippen molar-refractivity contribution in [1.29, 1.82) is 0 Å². The molecule has 0 aliphatic rings. The lowest BCUT2D eigenvalue weighted by Crippen LogP contribution is -2.17. The summed E-state index contributed by atoms with van der Waals surface area (Å²) >= 11 is 1.37. The van der Waals surface area contributed by atoms with E-state index >= 15 is 0 Å². The normalized spacial score (nSPS) is 10.8. The first-order valence-corrected chi connectivity index (χ1v) is 8.46. The number of hydrogen-bond donors (Lipinski definition) is 0. The van der Waals surface area contributed by atoms with Crippen LogP contribution in [0.3, 0.4) is 0 Å². The summed E-state index contributed by atoms with van der Waals surface area (Å²) in [7, 11) is 0. The third-order valence-corrected chi connectivity index (χ3v) is 4.19. The Labute approximate surface area is 142 Å². The topological polar surface area (TPSA) is 73.6 Å². The number of ether oxygens (including phenoxy) is 1. The van der Waals surface area contributed by atoms with Gasteiger partial charge in [0.15, 0.2) is 0 Å². The summed E-state index contributed by atoms with van der Waals surface area (Å²) in [6, 6.07) is 8.38. The maximum Gasteiger partial charge on any atom is 0.341 e. The molecule has 0 N–H and O–H groups in total. The van der Waals surface area contributed by atoms with Crippen molar-refractivity contribution in [2.75, 3.05) is 6.26 Å². The van der Waals surface area contributed by atoms with Gasteiger partial charge in [0.05, 0.1) is 11.3 Å². The lowest BCUT2D eigenvalue weighted by Gasteiger charge is -2.08. The van der Waals surface area contributed by atoms with Crippen molar-refractivity contribution in [1.82, 2.24) is 14.4 Å². The largest absolute Gasteiger partial charge is 0.456 e. The highest BCUT2D eigenvalue weighted by Crippen LogP contribution is 2.18. The zero-order valence-corrected chi connectivity index (χ0v) is 14.0. The van der Waals surface area contributed by atoms with Crippen LogP contribution in [0.5, 0.6) is 0 Å². The van der Waals surface area contributed by atoms with Crippen LogP contribution in [0.2, 0.25) is 0 Å². The highest BCUT2D eigenvalue weighted by atomic mass is 32.2. The van der Waals surface area contributed by atoms with E-state index < -0.39 is 5.97 Å². The fraction of sp³-hybridized carbons (Fsp3) is 0.176. The van der Waals surface area contributed by atoms with E-state index in [1.54, 1.807) is 30.6 Å². The zero-order chi connectivity index (χ0) is 17.1. The number of carbonyl (C=O) groups is 1. The monoisotopic (exact) mass is 341 g/mol. The van der Waals surface area contributed by atoms with Crippen molar-refractivity contribution in [3.05, 3.63) is 69.9 Å². The molecule has 24 heavy (non-hydrogen) atoms. The Kier molecular flexibility index (Phi) is 4.61. The summed E-state index contributed by atoms with van der Waals surface area (Å²) in [5, 5.41) is 0.602. The molecule has 0 aliphatic carbocycles. The minimum absolute atomic E-state index is 0.0678. The molecule has 3 aromatic heterocycles. The molecule has 0 spiro atoms. The van der Waals surface area contributed by atoms with Gasteiger partial charge in [0.1, 0.15) is 17.3 Å². The van der Waals surface area contributed by atoms with Crippen LogP contribution in [0.25, 0.3) is 5.65 Å². The number of aryl methyl sites for hydroxylation is 1. The number of rotatable bonds is 4. The summed E-state index contributed by atoms with van der Waals surface area (Å²) in [6.45, 7) is 1.81. The van der Waals surface area contributed by atoms with Gasteiger partial charge in [0.2, 0.25) is 0 Å². The van der Waals surface area contributed by atoms with Crippen LogP contribution in [-0.4, -0.2) is 26.6 Å². The van der Waals surface area contributed by atoms with Crippen molar-refractivity contribution in [2.24, 2.45) is 0 Å². The second kappa shape index (κ2) is 6.84. The van der Waals surface area contributed by atoms with Gasteiger partial charge >= 0.3 is 5.97 Å². The summed E-state index contributed by atoms with van der Waals surface area (Å²) in [5.41, 5.74) is 2.04. The second-order valence-electron chi connectivity index (χ2n) is 5.11. The number of fused-ring (bicyclic) bond motifs is 1. The van der Waals surface area contributed by atoms with Gasteiger partial charge in [-0.15, -0.1) is 11.8 Å². The second-order valence-corrected chi connectivity index (χ2v) is 5.90. The minimum atomic E-state index is -0.487. The first-order chi connectivity index (χ1) is 11.6. The van der Waals surface area contributed by atoms with E-state index in [9.17, 15) is 9.59 Å². The molecule has 3 aromatic rings. The Morgan fingerprint density at radius 1 is 1.33 bits per heavy atom. The molecule has 6 nitrogen and oxygen atoms in total. The Balaban J connectivity index is 1.84. The summed E-state index contributed by atoms with van der Waals surface area (Å²) in [5.74, 6) is -0.487. The number of hydrogen-bond acceptors (Lipinski definition) is 6. The van der Waals surface area contributed by atoms with Crippen molar-refractivity contribution in [3.63, 3.8) is 0 Å². The molecule has 3 heterocycles. The smallest absolute Gasteiger partial charge is 0.341 e. The van der Waals surface area contributed by atoms with Crippen LogP contribution < -0.4 is 5.56 Å². The summed E-state index contributed by atoms with van der Waals surface area (Å²) in [6.07, 6.45) is 5.12. The van der Waals surface area contributed by atoms with E-state index in [-0.39, 0.29) is 12.2 Å². The SMILES string of the molecule is CSc1ncccc1C(=O)OCc1cc(=O)n2cccc(C)c2n1. The van der Waals surface area contributed by atoms with Crippen LogP contribution in [0, 0.1) is 6.92 Å². The van der Waals surface area contributed by atoms with E-state index in [1.165, 1.54) is 22.2 Å². The first kappa shape index (κ1) is 16.2. The zero-order valence-electron chi connectivity index (χ0n) is 13.2. The maximum atomic E-state index is 12.2. The molecule has 0 aliphatic heterocycles. The van der Waals surface area contributed by atoms with Gasteiger partial charge in [0, 0.05) is 18.5 Å². The molecule has 0 radical (unpaired) electrons. The van der Waals surface area contributed by atoms with Gasteiger partial charge in [-0.1, -0.05) is 6.07 Å². The molecule has 0 fully saturated rings. The molecule has 0 amide bonds. The lowest BCUT2D eigenvalue weighted by atomic mass is 10.3. The van der Waals surface area contributed by atoms with Crippen molar-refractivity contribution >= 4 is 23.4 Å². The predicted octanol–water partition coefficient (Wildman–Crippen LogP) is 2.48. The first-order valence-electron chi connectivity index (χ1n) is 7.24. The standard InChI is InChI=1S/C17H15N3O3S/c1-11-5-4-8-20-14(21)9-12(19-15(11)20)10-23-17(22)13-6-3-7-18-16(13)24-2/h3-9H,10H2,1-2H3. The van der Waals surface area contributed by atoms with Gasteiger partial charge < -0.3 is 4.74 Å². The Morgan fingerprint density at radius 2 is 2.17 bits per heavy atom. The number of pyridine rings is 2. The average molecular weight is 341 g/mol. The highest BCUT2D eigenvalue weighted by molar-refractivity contribution is 7.98. The summed E-state index contributed by atoms with van der Waals surface area (Å²) < 4.78 is 6.76. The Morgan fingerprint density at radius 3 is 2.96 bits per heavy atom. The average Bonchev–Trinajstić information content (AvgIpc) is 2.60. The van der Waals surface area contributed by atoms with Crippen LogP contribution in [0.4, 0.5) is 0 Å². The number of esters is 1. The van der Waals surface area contributed by atoms with Gasteiger partial charge in [-0.05, 0) is 36.9 Å². The van der Waals surface area contributed by atoms with Gasteiger partial charge in [-0.25, -0.2) is 14.8 Å². The van der Waals surface area contributed by atoms with Crippen LogP contribution >= 0.6 is 11.8 Å². The highest BCUT2D eigenvalue weighted by Gasteiger charge is 2.14. The lowest BCUT2D eigenvalue weighted by molar-refractivity contribution is 0.0462. The summed E-state index contributed by atoms with van der Waals surface area (Å²) in [4.78, 5) is 32.9. The van der Waals surface area contributed by atoms with Crippen LogP contribution in [0.1, 0.15) is 21.6 Å². The number of aromatic nitrogens is 3. The van der Waals surface area contributed by atoms with E-state index in [2.05, 4.69) is 9.97 Å². The number of carbonyl (C=O) groups excluding carboxylic acids is 1. The quantitative estimate of drug-likeness (QED) is 0.536. The molecule has 0 unspecified atom stereocenters. The third-order valence-electron chi connectivity index (χ3n) is 3.47. The molecule has 0 saturated carbocycles. The molecule has 0 atom stereocenters. The van der Waals surface area contributed by atoms with Gasteiger partial charge in [0.25, 0.3) is 5.56 Å². The number of nitrogens with zero attached hydrogens (tertiary/aromatic N) is 3. The van der Waals surface area contributed by atoms with Crippen LogP contribution in [-0.2, 0) is 11.3 Å². The molecule has 0 saturated heterocycles. The third kappa shape index (κ3) is 3.16. The Bertz CT molecular complexity index is 969. The molecule has 3 rings (SSSR count). The van der Waals surface area contributed by atoms with E-state index in [1.807, 2.05) is 19.2 Å².